The molecule has 2 aromatic heterocycles. The van der Waals surface area contributed by atoms with E-state index >= 15 is 0 Å². The average Bonchev–Trinajstić information content (AvgIpc) is 3.53. The molecule has 2 N–H and O–H groups in total. The van der Waals surface area contributed by atoms with Crippen molar-refractivity contribution in [3.63, 3.8) is 0 Å². The summed E-state index contributed by atoms with van der Waals surface area (Å²) in [6.45, 7) is 2.71. The highest BCUT2D eigenvalue weighted by atomic mass is 16.5. The van der Waals surface area contributed by atoms with E-state index in [9.17, 15) is 9.59 Å². The molecule has 9 heteroatoms. The number of rotatable bonds is 8. The van der Waals surface area contributed by atoms with Gasteiger partial charge in [-0.15, -0.1) is 0 Å². The number of hydrogen-bond donors (Lipinski definition) is 2. The Bertz CT molecular complexity index is 1250. The lowest BCUT2D eigenvalue weighted by atomic mass is 10.1. The van der Waals surface area contributed by atoms with E-state index in [4.69, 9.17) is 8.94 Å². The lowest BCUT2D eigenvalue weighted by Gasteiger charge is -2.17. The molecule has 9 nitrogen and oxygen atoms in total. The van der Waals surface area contributed by atoms with Crippen molar-refractivity contribution in [2.45, 2.75) is 19.9 Å². The van der Waals surface area contributed by atoms with Crippen molar-refractivity contribution in [3.8, 4) is 11.5 Å². The minimum atomic E-state index is -0.213. The molecule has 2 heterocycles. The van der Waals surface area contributed by atoms with Crippen LogP contribution < -0.4 is 10.6 Å². The number of aromatic nitrogens is 2. The molecule has 34 heavy (non-hydrogen) atoms. The van der Waals surface area contributed by atoms with Crippen molar-refractivity contribution in [2.24, 2.45) is 0 Å². The number of anilines is 1. The molecule has 2 aromatic carbocycles. The molecular formula is C25H25N5O4. The molecule has 0 aliphatic rings. The summed E-state index contributed by atoms with van der Waals surface area (Å²) in [6, 6.07) is 17.9. The van der Waals surface area contributed by atoms with E-state index in [1.165, 1.54) is 0 Å². The molecule has 0 radical (unpaired) electrons. The van der Waals surface area contributed by atoms with Gasteiger partial charge in [0.25, 0.3) is 11.8 Å². The first-order valence-corrected chi connectivity index (χ1v) is 10.8. The number of furan rings is 1. The van der Waals surface area contributed by atoms with Crippen molar-refractivity contribution >= 4 is 17.6 Å². The molecule has 0 aliphatic heterocycles. The minimum absolute atomic E-state index is 0.207. The highest BCUT2D eigenvalue weighted by Gasteiger charge is 2.14. The first-order chi connectivity index (χ1) is 16.5. The molecule has 0 unspecified atom stereocenters. The monoisotopic (exact) mass is 459 g/mol. The van der Waals surface area contributed by atoms with Crippen LogP contribution in [0.15, 0.2) is 75.9 Å². The van der Waals surface area contributed by atoms with E-state index in [0.717, 1.165) is 11.3 Å². The Morgan fingerprint density at radius 3 is 2.62 bits per heavy atom. The Balaban J connectivity index is 1.28. The number of nitrogens with one attached hydrogen (secondary N) is 2. The normalized spacial score (nSPS) is 10.6. The van der Waals surface area contributed by atoms with Gasteiger partial charge >= 0.3 is 6.03 Å². The van der Waals surface area contributed by atoms with Gasteiger partial charge in [0.15, 0.2) is 5.82 Å². The van der Waals surface area contributed by atoms with Crippen LogP contribution in [0.4, 0.5) is 10.5 Å². The van der Waals surface area contributed by atoms with Crippen LogP contribution >= 0.6 is 0 Å². The van der Waals surface area contributed by atoms with Crippen molar-refractivity contribution in [1.82, 2.24) is 20.4 Å². The van der Waals surface area contributed by atoms with Crippen LogP contribution in [0.3, 0.4) is 0 Å². The number of urea groups is 1. The average molecular weight is 460 g/mol. The predicted molar refractivity (Wildman–Crippen MR) is 126 cm³/mol. The summed E-state index contributed by atoms with van der Waals surface area (Å²) >= 11 is 0. The standard InChI is InChI=1S/C25H25N5O4/c1-17-5-3-6-20(15-17)27-25(32)30(2)13-12-22-28-24(34-29-22)19-10-8-18(9-11-19)23(31)26-16-21-7-4-14-33-21/h3-11,14-15H,12-13,16H2,1-2H3,(H,26,31)(H,27,32). The number of likely N-dealkylation sites (N-methyl/N-ethyl adjacent to an activating group) is 1. The summed E-state index contributed by atoms with van der Waals surface area (Å²) in [4.78, 5) is 30.6. The molecule has 174 valence electrons. The van der Waals surface area contributed by atoms with Gasteiger partial charge in [-0.1, -0.05) is 17.3 Å². The van der Waals surface area contributed by atoms with Gasteiger partial charge in [-0.3, -0.25) is 4.79 Å². The van der Waals surface area contributed by atoms with Gasteiger partial charge in [0.1, 0.15) is 5.76 Å². The maximum Gasteiger partial charge on any atom is 0.321 e. The zero-order valence-electron chi connectivity index (χ0n) is 18.9. The largest absolute Gasteiger partial charge is 0.467 e. The zero-order chi connectivity index (χ0) is 23.9. The van der Waals surface area contributed by atoms with E-state index in [2.05, 4.69) is 20.8 Å². The fourth-order valence-electron chi connectivity index (χ4n) is 3.23. The maximum absolute atomic E-state index is 12.4. The summed E-state index contributed by atoms with van der Waals surface area (Å²) < 4.78 is 10.6. The zero-order valence-corrected chi connectivity index (χ0v) is 18.9. The number of carbonyl (C=O) groups is 2. The predicted octanol–water partition coefficient (Wildman–Crippen LogP) is 4.27. The Morgan fingerprint density at radius 2 is 1.88 bits per heavy atom. The number of amides is 3. The SMILES string of the molecule is Cc1cccc(NC(=O)N(C)CCc2noc(-c3ccc(C(=O)NCc4ccco4)cc3)n2)c1. The number of nitrogens with zero attached hydrogens (tertiary/aromatic N) is 3. The van der Waals surface area contributed by atoms with E-state index in [0.29, 0.717) is 48.1 Å². The third kappa shape index (κ3) is 5.89. The Labute approximate surface area is 196 Å². The second kappa shape index (κ2) is 10.5. The maximum atomic E-state index is 12.4. The van der Waals surface area contributed by atoms with Crippen LogP contribution in [-0.2, 0) is 13.0 Å². The minimum Gasteiger partial charge on any atom is -0.467 e. The Hall–Kier alpha value is -4.40. The fraction of sp³-hybridized carbons (Fsp3) is 0.200. The molecule has 0 atom stereocenters. The molecule has 0 fully saturated rings. The van der Waals surface area contributed by atoms with Crippen LogP contribution in [0.25, 0.3) is 11.5 Å². The molecule has 4 rings (SSSR count). The summed E-state index contributed by atoms with van der Waals surface area (Å²) in [5.41, 5.74) is 3.03. The van der Waals surface area contributed by atoms with Gasteiger partial charge in [0.05, 0.1) is 12.8 Å². The van der Waals surface area contributed by atoms with E-state index in [1.807, 2.05) is 31.2 Å². The van der Waals surface area contributed by atoms with Gasteiger partial charge in [-0.2, -0.15) is 4.98 Å². The van der Waals surface area contributed by atoms with Crippen LogP contribution in [0.2, 0.25) is 0 Å². The molecule has 0 bridgehead atoms. The molecule has 0 spiro atoms. The van der Waals surface area contributed by atoms with Gasteiger partial charge in [-0.05, 0) is 61.0 Å². The highest BCUT2D eigenvalue weighted by molar-refractivity contribution is 5.94. The number of aryl methyl sites for hydroxylation is 1. The third-order valence-corrected chi connectivity index (χ3v) is 5.15. The number of hydrogen-bond acceptors (Lipinski definition) is 6. The van der Waals surface area contributed by atoms with Crippen molar-refractivity contribution in [1.29, 1.82) is 0 Å². The Morgan fingerprint density at radius 1 is 1.06 bits per heavy atom. The molecule has 0 saturated carbocycles. The number of benzene rings is 2. The summed E-state index contributed by atoms with van der Waals surface area (Å²) in [5.74, 6) is 1.32. The molecule has 4 aromatic rings. The van der Waals surface area contributed by atoms with Crippen molar-refractivity contribution in [2.75, 3.05) is 18.9 Å². The van der Waals surface area contributed by atoms with Crippen molar-refractivity contribution < 1.29 is 18.5 Å². The van der Waals surface area contributed by atoms with Gasteiger partial charge in [-0.25, -0.2) is 4.79 Å². The lowest BCUT2D eigenvalue weighted by Crippen LogP contribution is -2.33. The summed E-state index contributed by atoms with van der Waals surface area (Å²) in [6.07, 6.45) is 2.00. The second-order valence-electron chi connectivity index (χ2n) is 7.83. The van der Waals surface area contributed by atoms with Crippen molar-refractivity contribution in [3.05, 3.63) is 89.6 Å². The van der Waals surface area contributed by atoms with Crippen LogP contribution in [-0.4, -0.2) is 40.6 Å². The van der Waals surface area contributed by atoms with E-state index in [1.54, 1.807) is 54.6 Å². The summed E-state index contributed by atoms with van der Waals surface area (Å²) in [5, 5.41) is 9.66. The Kier molecular flexibility index (Phi) is 7.02. The van der Waals surface area contributed by atoms with Gasteiger partial charge in [0, 0.05) is 36.8 Å². The lowest BCUT2D eigenvalue weighted by molar-refractivity contribution is 0.0948. The summed E-state index contributed by atoms with van der Waals surface area (Å²) in [7, 11) is 1.71. The van der Waals surface area contributed by atoms with E-state index < -0.39 is 0 Å². The topological polar surface area (TPSA) is 114 Å². The van der Waals surface area contributed by atoms with Crippen LogP contribution in [0.5, 0.6) is 0 Å². The fourth-order valence-corrected chi connectivity index (χ4v) is 3.23. The van der Waals surface area contributed by atoms with Gasteiger partial charge < -0.3 is 24.5 Å². The first-order valence-electron chi connectivity index (χ1n) is 10.8. The van der Waals surface area contributed by atoms with Gasteiger partial charge in [0.2, 0.25) is 0 Å². The van der Waals surface area contributed by atoms with Crippen LogP contribution in [0.1, 0.15) is 27.5 Å². The molecular weight excluding hydrogens is 434 g/mol. The highest BCUT2D eigenvalue weighted by Crippen LogP contribution is 2.18. The first kappa shape index (κ1) is 22.8. The molecule has 0 saturated heterocycles. The smallest absolute Gasteiger partial charge is 0.321 e. The molecule has 3 amide bonds. The number of carbonyl (C=O) groups excluding carboxylic acids is 2. The molecule has 0 aliphatic carbocycles. The van der Waals surface area contributed by atoms with E-state index in [-0.39, 0.29) is 11.9 Å². The second-order valence-corrected chi connectivity index (χ2v) is 7.83. The third-order valence-electron chi connectivity index (χ3n) is 5.15. The van der Waals surface area contributed by atoms with Crippen LogP contribution in [0, 0.1) is 6.92 Å². The quantitative estimate of drug-likeness (QED) is 0.407.